The average Bonchev–Trinajstić information content (AvgIpc) is 2.73. The number of benzene rings is 1. The molecule has 0 unspecified atom stereocenters. The molecule has 0 aliphatic rings. The van der Waals surface area contributed by atoms with Gasteiger partial charge in [0.1, 0.15) is 12.9 Å². The van der Waals surface area contributed by atoms with E-state index in [-0.39, 0.29) is 5.16 Å². The van der Waals surface area contributed by atoms with Crippen molar-refractivity contribution in [2.24, 2.45) is 0 Å². The minimum Gasteiger partial charge on any atom is -0.299 e. The van der Waals surface area contributed by atoms with Crippen LogP contribution in [0.3, 0.4) is 0 Å². The van der Waals surface area contributed by atoms with Crippen LogP contribution >= 0.6 is 35.0 Å². The highest BCUT2D eigenvalue weighted by molar-refractivity contribution is 7.98. The maximum Gasteiger partial charge on any atom is 0.406 e. The van der Waals surface area contributed by atoms with Crippen LogP contribution < -0.4 is 0 Å². The van der Waals surface area contributed by atoms with Gasteiger partial charge in [-0.2, -0.15) is 13.2 Å². The molecule has 1 aromatic heterocycles. The molecule has 0 saturated carbocycles. The van der Waals surface area contributed by atoms with E-state index in [1.165, 1.54) is 0 Å². The summed E-state index contributed by atoms with van der Waals surface area (Å²) in [6.07, 6.45) is -3.26. The maximum atomic E-state index is 12.3. The predicted octanol–water partition coefficient (Wildman–Crippen LogP) is 4.44. The van der Waals surface area contributed by atoms with E-state index in [4.69, 9.17) is 23.2 Å². The van der Waals surface area contributed by atoms with Crippen molar-refractivity contribution in [2.45, 2.75) is 23.6 Å². The molecule has 2 rings (SSSR count). The van der Waals surface area contributed by atoms with Crippen LogP contribution in [0.1, 0.15) is 5.56 Å². The van der Waals surface area contributed by atoms with Gasteiger partial charge in [-0.15, -0.1) is 10.2 Å². The summed E-state index contributed by atoms with van der Waals surface area (Å²) in [5.74, 6) is 0.382. The Balaban J connectivity index is 2.06. The molecule has 1 heterocycles. The van der Waals surface area contributed by atoms with Gasteiger partial charge in [-0.1, -0.05) is 41.0 Å². The Kier molecular flexibility index (Phi) is 4.82. The molecule has 0 amide bonds. The second kappa shape index (κ2) is 6.24. The van der Waals surface area contributed by atoms with Gasteiger partial charge in [0.25, 0.3) is 0 Å². The zero-order valence-electron chi connectivity index (χ0n) is 9.86. The first-order valence-electron chi connectivity index (χ1n) is 5.36. The minimum absolute atomic E-state index is 0.188. The van der Waals surface area contributed by atoms with E-state index >= 15 is 0 Å². The molecular weight excluding hydrogens is 334 g/mol. The Labute approximate surface area is 127 Å². The number of aromatic nitrogens is 3. The van der Waals surface area contributed by atoms with E-state index in [0.29, 0.717) is 15.8 Å². The van der Waals surface area contributed by atoms with Crippen molar-refractivity contribution < 1.29 is 13.2 Å². The van der Waals surface area contributed by atoms with Crippen molar-refractivity contribution >= 4 is 35.0 Å². The molecule has 0 N–H and O–H groups in total. The number of alkyl halides is 3. The van der Waals surface area contributed by atoms with Gasteiger partial charge in [0, 0.05) is 15.8 Å². The molecule has 20 heavy (non-hydrogen) atoms. The predicted molar refractivity (Wildman–Crippen MR) is 72.1 cm³/mol. The van der Waals surface area contributed by atoms with Crippen LogP contribution in [0.15, 0.2) is 29.7 Å². The first-order chi connectivity index (χ1) is 9.35. The molecule has 1 aromatic carbocycles. The Morgan fingerprint density at radius 1 is 1.25 bits per heavy atom. The second-order valence-electron chi connectivity index (χ2n) is 3.88. The van der Waals surface area contributed by atoms with Gasteiger partial charge in [-0.05, 0) is 17.7 Å². The minimum atomic E-state index is -4.31. The molecule has 0 fully saturated rings. The Morgan fingerprint density at radius 2 is 2.00 bits per heavy atom. The maximum absolute atomic E-state index is 12.3. The van der Waals surface area contributed by atoms with E-state index in [0.717, 1.165) is 28.2 Å². The van der Waals surface area contributed by atoms with Gasteiger partial charge in [0.05, 0.1) is 0 Å². The zero-order chi connectivity index (χ0) is 14.8. The van der Waals surface area contributed by atoms with Crippen LogP contribution in [-0.2, 0) is 12.3 Å². The Bertz CT molecular complexity index is 601. The smallest absolute Gasteiger partial charge is 0.299 e. The van der Waals surface area contributed by atoms with Crippen LogP contribution in [0, 0.1) is 0 Å². The third kappa shape index (κ3) is 4.29. The molecule has 0 aliphatic heterocycles. The lowest BCUT2D eigenvalue weighted by Crippen LogP contribution is -2.17. The summed E-state index contributed by atoms with van der Waals surface area (Å²) in [5, 5.41) is 8.32. The number of rotatable bonds is 4. The van der Waals surface area contributed by atoms with Gasteiger partial charge >= 0.3 is 6.18 Å². The van der Waals surface area contributed by atoms with E-state index < -0.39 is 12.7 Å². The number of halogens is 5. The summed E-state index contributed by atoms with van der Waals surface area (Å²) >= 11 is 12.9. The van der Waals surface area contributed by atoms with Gasteiger partial charge in [0.2, 0.25) is 0 Å². The number of hydrogen-bond donors (Lipinski definition) is 0. The molecule has 0 saturated heterocycles. The molecule has 0 spiro atoms. The largest absolute Gasteiger partial charge is 0.406 e. The summed E-state index contributed by atoms with van der Waals surface area (Å²) in [5.41, 5.74) is 0.766. The molecule has 2 aromatic rings. The van der Waals surface area contributed by atoms with Crippen LogP contribution in [0.2, 0.25) is 10.0 Å². The van der Waals surface area contributed by atoms with Crippen molar-refractivity contribution in [3.63, 3.8) is 0 Å². The molecule has 0 radical (unpaired) electrons. The van der Waals surface area contributed by atoms with E-state index in [1.54, 1.807) is 18.2 Å². The summed E-state index contributed by atoms with van der Waals surface area (Å²) in [4.78, 5) is 0. The van der Waals surface area contributed by atoms with Crippen molar-refractivity contribution in [2.75, 3.05) is 0 Å². The highest BCUT2D eigenvalue weighted by Crippen LogP contribution is 2.28. The molecule has 0 aliphatic carbocycles. The number of nitrogens with zero attached hydrogens (tertiary/aromatic N) is 3. The number of thioether (sulfide) groups is 1. The molecule has 0 bridgehead atoms. The van der Waals surface area contributed by atoms with Crippen LogP contribution in [-0.4, -0.2) is 20.9 Å². The molecular formula is C11H8Cl2F3N3S. The van der Waals surface area contributed by atoms with Crippen LogP contribution in [0.4, 0.5) is 13.2 Å². The van der Waals surface area contributed by atoms with Gasteiger partial charge in [0.15, 0.2) is 5.16 Å². The Hall–Kier alpha value is -0.920. The third-order valence-electron chi connectivity index (χ3n) is 2.30. The fourth-order valence-corrected chi connectivity index (χ4v) is 2.91. The van der Waals surface area contributed by atoms with Gasteiger partial charge in [-0.25, -0.2) is 0 Å². The normalized spacial score (nSPS) is 11.8. The van der Waals surface area contributed by atoms with E-state index in [9.17, 15) is 13.2 Å². The van der Waals surface area contributed by atoms with Crippen molar-refractivity contribution in [1.29, 1.82) is 0 Å². The third-order valence-corrected chi connectivity index (χ3v) is 3.92. The SMILES string of the molecule is FC(F)(F)Cn1cnnc1SCc1ccc(Cl)cc1Cl. The highest BCUT2D eigenvalue weighted by Gasteiger charge is 2.29. The van der Waals surface area contributed by atoms with Crippen LogP contribution in [0.25, 0.3) is 0 Å². The fourth-order valence-electron chi connectivity index (χ4n) is 1.44. The lowest BCUT2D eigenvalue weighted by molar-refractivity contribution is -0.142. The van der Waals surface area contributed by atoms with Crippen molar-refractivity contribution in [3.8, 4) is 0 Å². The van der Waals surface area contributed by atoms with Gasteiger partial charge in [-0.3, -0.25) is 4.57 Å². The quantitative estimate of drug-likeness (QED) is 0.770. The summed E-state index contributed by atoms with van der Waals surface area (Å²) in [6.45, 7) is -1.11. The molecule has 3 nitrogen and oxygen atoms in total. The summed E-state index contributed by atoms with van der Waals surface area (Å²) in [6, 6.07) is 4.98. The fraction of sp³-hybridized carbons (Fsp3) is 0.273. The first-order valence-corrected chi connectivity index (χ1v) is 7.10. The lowest BCUT2D eigenvalue weighted by Gasteiger charge is -2.09. The van der Waals surface area contributed by atoms with Crippen LogP contribution in [0.5, 0.6) is 0 Å². The van der Waals surface area contributed by atoms with Crippen molar-refractivity contribution in [3.05, 3.63) is 40.1 Å². The molecule has 0 atom stereocenters. The Morgan fingerprint density at radius 3 is 2.65 bits per heavy atom. The monoisotopic (exact) mass is 341 g/mol. The van der Waals surface area contributed by atoms with Gasteiger partial charge < -0.3 is 0 Å². The molecule has 108 valence electrons. The zero-order valence-corrected chi connectivity index (χ0v) is 12.2. The topological polar surface area (TPSA) is 30.7 Å². The van der Waals surface area contributed by atoms with E-state index in [1.807, 2.05) is 0 Å². The van der Waals surface area contributed by atoms with Crippen molar-refractivity contribution in [1.82, 2.24) is 14.8 Å². The second-order valence-corrected chi connectivity index (χ2v) is 5.67. The summed E-state index contributed by atoms with van der Waals surface area (Å²) in [7, 11) is 0. The average molecular weight is 342 g/mol. The molecule has 9 heteroatoms. The first kappa shape index (κ1) is 15.5. The highest BCUT2D eigenvalue weighted by atomic mass is 35.5. The lowest BCUT2D eigenvalue weighted by atomic mass is 10.2. The number of hydrogen-bond acceptors (Lipinski definition) is 3. The standard InChI is InChI=1S/C11H8Cl2F3N3S/c12-8-2-1-7(9(13)3-8)4-20-10-18-17-6-19(10)5-11(14,15)16/h1-3,6H,4-5H2. The van der Waals surface area contributed by atoms with E-state index in [2.05, 4.69) is 10.2 Å². The summed E-state index contributed by atoms with van der Waals surface area (Å²) < 4.78 is 38.0.